The third-order valence-electron chi connectivity index (χ3n) is 2.46. The molecule has 52 valence electrons. The van der Waals surface area contributed by atoms with Crippen molar-refractivity contribution in [2.75, 3.05) is 0 Å². The summed E-state index contributed by atoms with van der Waals surface area (Å²) in [5, 5.41) is 3.27. The van der Waals surface area contributed by atoms with Crippen molar-refractivity contribution < 1.29 is 4.39 Å². The summed E-state index contributed by atoms with van der Waals surface area (Å²) in [5.41, 5.74) is 0. The second kappa shape index (κ2) is 1.94. The third kappa shape index (κ3) is 0.855. The van der Waals surface area contributed by atoms with E-state index in [2.05, 4.69) is 5.32 Å². The highest BCUT2D eigenvalue weighted by molar-refractivity contribution is 4.94. The highest BCUT2D eigenvalue weighted by Crippen LogP contribution is 2.28. The van der Waals surface area contributed by atoms with Crippen molar-refractivity contribution in [1.82, 2.24) is 5.32 Å². The zero-order valence-corrected chi connectivity index (χ0v) is 5.44. The van der Waals surface area contributed by atoms with Crippen LogP contribution in [0.15, 0.2) is 0 Å². The van der Waals surface area contributed by atoms with E-state index in [4.69, 9.17) is 0 Å². The molecule has 0 aromatic heterocycles. The van der Waals surface area contributed by atoms with Gasteiger partial charge in [0.1, 0.15) is 6.17 Å². The maximum absolute atomic E-state index is 12.8. The normalized spacial score (nSPS) is 49.7. The molecule has 2 heteroatoms. The molecule has 0 amide bonds. The fourth-order valence-corrected chi connectivity index (χ4v) is 1.96. The van der Waals surface area contributed by atoms with Gasteiger partial charge in [-0.25, -0.2) is 4.39 Å². The van der Waals surface area contributed by atoms with E-state index in [9.17, 15) is 4.39 Å². The number of hydrogen-bond donors (Lipinski definition) is 1. The first-order valence-electron chi connectivity index (χ1n) is 3.76. The van der Waals surface area contributed by atoms with Crippen molar-refractivity contribution in [2.45, 2.75) is 43.9 Å². The van der Waals surface area contributed by atoms with Crippen molar-refractivity contribution in [2.24, 2.45) is 0 Å². The van der Waals surface area contributed by atoms with Crippen molar-refractivity contribution in [3.8, 4) is 0 Å². The first-order valence-corrected chi connectivity index (χ1v) is 3.76. The molecule has 2 saturated heterocycles. The van der Waals surface area contributed by atoms with Gasteiger partial charge in [0.2, 0.25) is 0 Å². The Hall–Kier alpha value is -0.110. The molecule has 1 nitrogen and oxygen atoms in total. The first kappa shape index (κ1) is 5.66. The van der Waals surface area contributed by atoms with Crippen molar-refractivity contribution in [3.63, 3.8) is 0 Å². The number of rotatable bonds is 0. The van der Waals surface area contributed by atoms with Crippen molar-refractivity contribution >= 4 is 0 Å². The largest absolute Gasteiger partial charge is 0.308 e. The molecular weight excluding hydrogens is 117 g/mol. The average Bonchev–Trinajstić information content (AvgIpc) is 2.09. The van der Waals surface area contributed by atoms with E-state index in [1.807, 2.05) is 0 Å². The van der Waals surface area contributed by atoms with Crippen LogP contribution in [-0.2, 0) is 0 Å². The Morgan fingerprint density at radius 2 is 2.22 bits per heavy atom. The van der Waals surface area contributed by atoms with Crippen LogP contribution in [0.3, 0.4) is 0 Å². The van der Waals surface area contributed by atoms with Gasteiger partial charge in [0.15, 0.2) is 0 Å². The highest BCUT2D eigenvalue weighted by atomic mass is 19.1. The number of alkyl halides is 1. The Kier molecular flexibility index (Phi) is 1.22. The van der Waals surface area contributed by atoms with E-state index in [1.54, 1.807) is 0 Å². The summed E-state index contributed by atoms with van der Waals surface area (Å²) in [5.74, 6) is 0. The third-order valence-corrected chi connectivity index (χ3v) is 2.46. The molecule has 0 saturated carbocycles. The van der Waals surface area contributed by atoms with E-state index < -0.39 is 6.17 Å². The van der Waals surface area contributed by atoms with Crippen LogP contribution in [0.2, 0.25) is 0 Å². The summed E-state index contributed by atoms with van der Waals surface area (Å²) in [4.78, 5) is 0. The lowest BCUT2D eigenvalue weighted by atomic mass is 10.1. The zero-order valence-electron chi connectivity index (χ0n) is 5.44. The van der Waals surface area contributed by atoms with E-state index in [0.717, 1.165) is 12.8 Å². The summed E-state index contributed by atoms with van der Waals surface area (Å²) >= 11 is 0. The van der Waals surface area contributed by atoms with Crippen LogP contribution in [0.25, 0.3) is 0 Å². The SMILES string of the molecule is F[C@@H]1C[C@H]2CCC[C@@H]1N2. The molecule has 0 unspecified atom stereocenters. The Morgan fingerprint density at radius 3 is 2.89 bits per heavy atom. The van der Waals surface area contributed by atoms with Crippen molar-refractivity contribution in [1.29, 1.82) is 0 Å². The molecular formula is C7H12FN. The molecule has 3 atom stereocenters. The van der Waals surface area contributed by atoms with Gasteiger partial charge in [-0.05, 0) is 19.3 Å². The minimum Gasteiger partial charge on any atom is -0.308 e. The number of piperidine rings is 1. The van der Waals surface area contributed by atoms with E-state index in [0.29, 0.717) is 6.04 Å². The molecule has 2 aliphatic rings. The standard InChI is InChI=1S/C7H12FN/c8-6-4-5-2-1-3-7(6)9-5/h5-7,9H,1-4H2/t5-,6-,7+/m1/s1. The summed E-state index contributed by atoms with van der Waals surface area (Å²) in [6.07, 6.45) is 3.69. The minimum absolute atomic E-state index is 0.212. The van der Waals surface area contributed by atoms with E-state index in [1.165, 1.54) is 12.8 Å². The topological polar surface area (TPSA) is 12.0 Å². The van der Waals surface area contributed by atoms with Gasteiger partial charge in [-0.2, -0.15) is 0 Å². The smallest absolute Gasteiger partial charge is 0.117 e. The summed E-state index contributed by atoms with van der Waals surface area (Å²) in [7, 11) is 0. The molecule has 9 heavy (non-hydrogen) atoms. The maximum Gasteiger partial charge on any atom is 0.117 e. The maximum atomic E-state index is 12.8. The predicted octanol–water partition coefficient (Wildman–Crippen LogP) is 1.24. The fraction of sp³-hybridized carbons (Fsp3) is 1.00. The van der Waals surface area contributed by atoms with Crippen LogP contribution < -0.4 is 5.32 Å². The molecule has 0 radical (unpaired) electrons. The van der Waals surface area contributed by atoms with Crippen LogP contribution in [0.4, 0.5) is 4.39 Å². The second-order valence-electron chi connectivity index (χ2n) is 3.15. The quantitative estimate of drug-likeness (QED) is 0.519. The van der Waals surface area contributed by atoms with Crippen LogP contribution in [-0.4, -0.2) is 18.3 Å². The van der Waals surface area contributed by atoms with Gasteiger partial charge < -0.3 is 5.32 Å². The van der Waals surface area contributed by atoms with E-state index >= 15 is 0 Å². The van der Waals surface area contributed by atoms with Crippen LogP contribution in [0.5, 0.6) is 0 Å². The van der Waals surface area contributed by atoms with Gasteiger partial charge in [-0.3, -0.25) is 0 Å². The van der Waals surface area contributed by atoms with Crippen LogP contribution >= 0.6 is 0 Å². The minimum atomic E-state index is -0.544. The lowest BCUT2D eigenvalue weighted by molar-refractivity contribution is 0.288. The summed E-state index contributed by atoms with van der Waals surface area (Å²) < 4.78 is 12.8. The molecule has 2 heterocycles. The Balaban J connectivity index is 2.07. The van der Waals surface area contributed by atoms with E-state index in [-0.39, 0.29) is 6.04 Å². The Bertz CT molecular complexity index is 113. The summed E-state index contributed by atoms with van der Waals surface area (Å²) in [6, 6.07) is 0.725. The number of hydrogen-bond acceptors (Lipinski definition) is 1. The molecule has 2 rings (SSSR count). The van der Waals surface area contributed by atoms with Crippen molar-refractivity contribution in [3.05, 3.63) is 0 Å². The van der Waals surface area contributed by atoms with Gasteiger partial charge >= 0.3 is 0 Å². The number of halogens is 1. The van der Waals surface area contributed by atoms with Gasteiger partial charge in [0, 0.05) is 12.1 Å². The van der Waals surface area contributed by atoms with Crippen LogP contribution in [0.1, 0.15) is 25.7 Å². The zero-order chi connectivity index (χ0) is 6.27. The molecule has 2 fully saturated rings. The van der Waals surface area contributed by atoms with Gasteiger partial charge in [0.25, 0.3) is 0 Å². The summed E-state index contributed by atoms with van der Waals surface area (Å²) in [6.45, 7) is 0. The molecule has 2 bridgehead atoms. The molecule has 0 spiro atoms. The van der Waals surface area contributed by atoms with Gasteiger partial charge in [0.05, 0.1) is 0 Å². The molecule has 1 N–H and O–H groups in total. The monoisotopic (exact) mass is 129 g/mol. The molecule has 2 aliphatic heterocycles. The Morgan fingerprint density at radius 1 is 1.33 bits per heavy atom. The average molecular weight is 129 g/mol. The van der Waals surface area contributed by atoms with Crippen LogP contribution in [0, 0.1) is 0 Å². The number of fused-ring (bicyclic) bond motifs is 2. The number of nitrogens with one attached hydrogen (secondary N) is 1. The highest BCUT2D eigenvalue weighted by Gasteiger charge is 2.36. The van der Waals surface area contributed by atoms with Gasteiger partial charge in [-0.1, -0.05) is 6.42 Å². The fourth-order valence-electron chi connectivity index (χ4n) is 1.96. The molecule has 0 aromatic carbocycles. The molecule has 0 aromatic rings. The van der Waals surface area contributed by atoms with Gasteiger partial charge in [-0.15, -0.1) is 0 Å². The lowest BCUT2D eigenvalue weighted by Crippen LogP contribution is -2.35. The lowest BCUT2D eigenvalue weighted by Gasteiger charge is -2.19. The predicted molar refractivity (Wildman–Crippen MR) is 34.1 cm³/mol. The Labute approximate surface area is 54.6 Å². The molecule has 0 aliphatic carbocycles. The second-order valence-corrected chi connectivity index (χ2v) is 3.15. The first-order chi connectivity index (χ1) is 4.36.